The number of nitrogens with zero attached hydrogens (tertiary/aromatic N) is 1. The van der Waals surface area contributed by atoms with Crippen LogP contribution in [-0.4, -0.2) is 36.6 Å². The summed E-state index contributed by atoms with van der Waals surface area (Å²) in [5.41, 5.74) is 5.83. The molecule has 0 aromatic carbocycles. The van der Waals surface area contributed by atoms with Crippen molar-refractivity contribution in [2.45, 2.75) is 45.1 Å². The van der Waals surface area contributed by atoms with Gasteiger partial charge in [0.25, 0.3) is 0 Å². The molecule has 16 heavy (non-hydrogen) atoms. The number of carbonyl (C=O) groups excluding carboxylic acids is 1. The van der Waals surface area contributed by atoms with Gasteiger partial charge in [-0.1, -0.05) is 19.8 Å². The van der Waals surface area contributed by atoms with E-state index in [2.05, 4.69) is 12.2 Å². The van der Waals surface area contributed by atoms with Crippen molar-refractivity contribution in [2.24, 2.45) is 11.7 Å². The number of likely N-dealkylation sites (N-methyl/N-ethyl adjacent to an activating group) is 1. The molecule has 0 aromatic heterocycles. The minimum absolute atomic E-state index is 0.00190. The van der Waals surface area contributed by atoms with E-state index in [0.717, 1.165) is 19.4 Å². The molecular formula is C12H25N3O. The Bertz CT molecular complexity index is 244. The molecular weight excluding hydrogens is 202 g/mol. The molecule has 1 fully saturated rings. The van der Waals surface area contributed by atoms with Gasteiger partial charge in [0.2, 0.25) is 0 Å². The van der Waals surface area contributed by atoms with E-state index in [9.17, 15) is 4.79 Å². The first kappa shape index (κ1) is 13.3. The molecule has 1 aliphatic carbocycles. The molecule has 0 aromatic rings. The highest BCUT2D eigenvalue weighted by Crippen LogP contribution is 2.36. The van der Waals surface area contributed by atoms with Crippen molar-refractivity contribution in [3.63, 3.8) is 0 Å². The Labute approximate surface area is 98.6 Å². The van der Waals surface area contributed by atoms with Gasteiger partial charge in [-0.05, 0) is 25.7 Å². The zero-order valence-corrected chi connectivity index (χ0v) is 10.8. The van der Waals surface area contributed by atoms with Crippen molar-refractivity contribution in [1.82, 2.24) is 10.2 Å². The highest BCUT2D eigenvalue weighted by atomic mass is 16.2. The molecule has 3 N–H and O–H groups in total. The number of nitrogens with two attached hydrogens (primary N) is 1. The van der Waals surface area contributed by atoms with Crippen LogP contribution in [0, 0.1) is 5.92 Å². The van der Waals surface area contributed by atoms with Crippen molar-refractivity contribution >= 4 is 6.03 Å². The molecule has 94 valence electrons. The lowest BCUT2D eigenvalue weighted by Crippen LogP contribution is -2.60. The van der Waals surface area contributed by atoms with Crippen LogP contribution < -0.4 is 11.1 Å². The van der Waals surface area contributed by atoms with Gasteiger partial charge < -0.3 is 16.0 Å². The molecule has 1 saturated carbocycles. The zero-order valence-electron chi connectivity index (χ0n) is 10.8. The van der Waals surface area contributed by atoms with Crippen molar-refractivity contribution in [3.05, 3.63) is 0 Å². The van der Waals surface area contributed by atoms with Crippen LogP contribution in [0.3, 0.4) is 0 Å². The second-order valence-electron chi connectivity index (χ2n) is 4.93. The molecule has 0 saturated heterocycles. The predicted molar refractivity (Wildman–Crippen MR) is 66.3 cm³/mol. The van der Waals surface area contributed by atoms with Crippen molar-refractivity contribution in [3.8, 4) is 0 Å². The highest BCUT2D eigenvalue weighted by molar-refractivity contribution is 5.74. The average molecular weight is 227 g/mol. The smallest absolute Gasteiger partial charge is 0.317 e. The first-order valence-corrected chi connectivity index (χ1v) is 6.29. The summed E-state index contributed by atoms with van der Waals surface area (Å²) in [6.45, 7) is 5.56. The Morgan fingerprint density at radius 2 is 2.31 bits per heavy atom. The Hall–Kier alpha value is -0.770. The fourth-order valence-electron chi connectivity index (χ4n) is 3.00. The molecule has 2 unspecified atom stereocenters. The van der Waals surface area contributed by atoms with Crippen molar-refractivity contribution in [2.75, 3.05) is 20.1 Å². The van der Waals surface area contributed by atoms with Crippen LogP contribution in [-0.2, 0) is 0 Å². The van der Waals surface area contributed by atoms with Gasteiger partial charge in [-0.3, -0.25) is 0 Å². The maximum atomic E-state index is 11.9. The van der Waals surface area contributed by atoms with Crippen LogP contribution in [0.25, 0.3) is 0 Å². The molecule has 0 spiro atoms. The Morgan fingerprint density at radius 1 is 1.62 bits per heavy atom. The predicted octanol–water partition coefficient (Wildman–Crippen LogP) is 1.56. The summed E-state index contributed by atoms with van der Waals surface area (Å²) >= 11 is 0. The van der Waals surface area contributed by atoms with E-state index in [0.29, 0.717) is 12.5 Å². The normalized spacial score (nSPS) is 29.9. The summed E-state index contributed by atoms with van der Waals surface area (Å²) in [5, 5.41) is 2.72. The molecule has 0 radical (unpaired) electrons. The minimum atomic E-state index is -0.119. The largest absolute Gasteiger partial charge is 0.341 e. The third-order valence-electron chi connectivity index (χ3n) is 3.80. The second-order valence-corrected chi connectivity index (χ2v) is 4.93. The topological polar surface area (TPSA) is 58.4 Å². The van der Waals surface area contributed by atoms with Crippen LogP contribution in [0.15, 0.2) is 0 Å². The van der Waals surface area contributed by atoms with Gasteiger partial charge in [-0.2, -0.15) is 0 Å². The summed E-state index contributed by atoms with van der Waals surface area (Å²) in [6.07, 6.45) is 4.50. The molecule has 0 heterocycles. The molecule has 2 atom stereocenters. The van der Waals surface area contributed by atoms with E-state index >= 15 is 0 Å². The van der Waals surface area contributed by atoms with E-state index < -0.39 is 0 Å². The van der Waals surface area contributed by atoms with Crippen LogP contribution in [0.2, 0.25) is 0 Å². The average Bonchev–Trinajstić information content (AvgIpc) is 2.29. The van der Waals surface area contributed by atoms with Gasteiger partial charge in [0.15, 0.2) is 0 Å². The maximum Gasteiger partial charge on any atom is 0.317 e. The monoisotopic (exact) mass is 227 g/mol. The lowest BCUT2D eigenvalue weighted by molar-refractivity contribution is 0.0706. The summed E-state index contributed by atoms with van der Waals surface area (Å²) in [4.78, 5) is 13.8. The van der Waals surface area contributed by atoms with Crippen LogP contribution in [0.4, 0.5) is 4.79 Å². The molecule has 0 aliphatic heterocycles. The van der Waals surface area contributed by atoms with Crippen molar-refractivity contribution < 1.29 is 4.79 Å². The maximum absolute atomic E-state index is 11.9. The van der Waals surface area contributed by atoms with Gasteiger partial charge >= 0.3 is 6.03 Å². The van der Waals surface area contributed by atoms with Crippen LogP contribution in [0.5, 0.6) is 0 Å². The van der Waals surface area contributed by atoms with Crippen LogP contribution in [0.1, 0.15) is 39.5 Å². The standard InChI is InChI=1S/C12H25N3O/c1-4-15(11(16)14-3)12(9-13)7-5-6-10(2)8-12/h10H,4-9,13H2,1-3H3,(H,14,16). The number of urea groups is 1. The first-order chi connectivity index (χ1) is 7.59. The lowest BCUT2D eigenvalue weighted by atomic mass is 9.75. The number of amides is 2. The summed E-state index contributed by atoms with van der Waals surface area (Å²) in [5.74, 6) is 0.663. The highest BCUT2D eigenvalue weighted by Gasteiger charge is 2.40. The summed E-state index contributed by atoms with van der Waals surface area (Å²) in [7, 11) is 1.68. The lowest BCUT2D eigenvalue weighted by Gasteiger charge is -2.47. The third kappa shape index (κ3) is 2.48. The fourth-order valence-corrected chi connectivity index (χ4v) is 3.00. The van der Waals surface area contributed by atoms with Gasteiger partial charge in [0.1, 0.15) is 0 Å². The molecule has 1 aliphatic rings. The zero-order chi connectivity index (χ0) is 12.2. The molecule has 0 bridgehead atoms. The van der Waals surface area contributed by atoms with E-state index in [1.807, 2.05) is 11.8 Å². The Balaban J connectivity index is 2.87. The van der Waals surface area contributed by atoms with E-state index in [-0.39, 0.29) is 11.6 Å². The number of nitrogens with one attached hydrogen (secondary N) is 1. The van der Waals surface area contributed by atoms with Gasteiger partial charge in [0.05, 0.1) is 5.54 Å². The third-order valence-corrected chi connectivity index (χ3v) is 3.80. The van der Waals surface area contributed by atoms with Gasteiger partial charge in [0, 0.05) is 20.1 Å². The second kappa shape index (κ2) is 5.53. The van der Waals surface area contributed by atoms with E-state index in [4.69, 9.17) is 5.73 Å². The molecule has 2 amide bonds. The summed E-state index contributed by atoms with van der Waals surface area (Å²) in [6, 6.07) is 0.00190. The number of hydrogen-bond donors (Lipinski definition) is 2. The minimum Gasteiger partial charge on any atom is -0.341 e. The molecule has 4 heteroatoms. The number of rotatable bonds is 3. The Morgan fingerprint density at radius 3 is 2.75 bits per heavy atom. The first-order valence-electron chi connectivity index (χ1n) is 6.29. The van der Waals surface area contributed by atoms with Gasteiger partial charge in [-0.25, -0.2) is 4.79 Å². The number of hydrogen-bond acceptors (Lipinski definition) is 2. The summed E-state index contributed by atoms with van der Waals surface area (Å²) < 4.78 is 0. The quantitative estimate of drug-likeness (QED) is 0.768. The molecule has 1 rings (SSSR count). The van der Waals surface area contributed by atoms with Crippen molar-refractivity contribution in [1.29, 1.82) is 0 Å². The van der Waals surface area contributed by atoms with Gasteiger partial charge in [-0.15, -0.1) is 0 Å². The van der Waals surface area contributed by atoms with E-state index in [1.54, 1.807) is 7.05 Å². The van der Waals surface area contributed by atoms with E-state index in [1.165, 1.54) is 12.8 Å². The fraction of sp³-hybridized carbons (Fsp3) is 0.917. The van der Waals surface area contributed by atoms with Crippen LogP contribution >= 0.6 is 0 Å². The SMILES string of the molecule is CCN(C(=O)NC)C1(CN)CCCC(C)C1. The molecule has 4 nitrogen and oxygen atoms in total. The number of carbonyl (C=O) groups is 1. The Kier molecular flexibility index (Phi) is 4.59.